The monoisotopic (exact) mass is 382 g/mol. The number of rotatable bonds is 4. The Labute approximate surface area is 164 Å². The molecule has 0 aliphatic carbocycles. The van der Waals surface area contributed by atoms with E-state index in [4.69, 9.17) is 9.47 Å². The van der Waals surface area contributed by atoms with Crippen LogP contribution >= 0.6 is 0 Å². The van der Waals surface area contributed by atoms with Crippen molar-refractivity contribution < 1.29 is 18.7 Å². The maximum Gasteiger partial charge on any atom is 0.254 e. The number of amides is 1. The van der Waals surface area contributed by atoms with Crippen molar-refractivity contribution in [3.8, 4) is 5.75 Å². The Morgan fingerprint density at radius 3 is 2.64 bits per heavy atom. The van der Waals surface area contributed by atoms with Crippen LogP contribution in [0.1, 0.15) is 17.3 Å². The number of hydrogen-bond acceptors (Lipinski definition) is 4. The Bertz CT molecular complexity index is 879. The first kappa shape index (κ1) is 18.7. The Morgan fingerprint density at radius 2 is 1.89 bits per heavy atom. The van der Waals surface area contributed by atoms with Crippen LogP contribution in [0.15, 0.2) is 54.1 Å². The van der Waals surface area contributed by atoms with Crippen molar-refractivity contribution in [3.05, 3.63) is 71.0 Å². The van der Waals surface area contributed by atoms with E-state index in [0.717, 1.165) is 18.7 Å². The zero-order valence-electron chi connectivity index (χ0n) is 15.8. The van der Waals surface area contributed by atoms with E-state index in [-0.39, 0.29) is 24.5 Å². The maximum atomic E-state index is 13.6. The first-order chi connectivity index (χ1) is 13.6. The van der Waals surface area contributed by atoms with E-state index in [1.807, 2.05) is 30.3 Å². The fraction of sp³-hybridized carbons (Fsp3) is 0.318. The average molecular weight is 382 g/mol. The predicted molar refractivity (Wildman–Crippen MR) is 104 cm³/mol. The van der Waals surface area contributed by atoms with E-state index in [2.05, 4.69) is 4.90 Å². The van der Waals surface area contributed by atoms with Crippen LogP contribution in [0.3, 0.4) is 0 Å². The van der Waals surface area contributed by atoms with Gasteiger partial charge in [-0.05, 0) is 29.8 Å². The molecular weight excluding hydrogens is 359 g/mol. The lowest BCUT2D eigenvalue weighted by molar-refractivity contribution is -0.134. The summed E-state index contributed by atoms with van der Waals surface area (Å²) in [5.41, 5.74) is 2.14. The Kier molecular flexibility index (Phi) is 5.41. The fourth-order valence-electron chi connectivity index (χ4n) is 3.74. The van der Waals surface area contributed by atoms with E-state index in [9.17, 15) is 9.18 Å². The molecule has 1 atom stereocenters. The van der Waals surface area contributed by atoms with Crippen LogP contribution in [-0.2, 0) is 9.53 Å². The van der Waals surface area contributed by atoms with E-state index >= 15 is 0 Å². The van der Waals surface area contributed by atoms with Crippen molar-refractivity contribution in [2.24, 2.45) is 0 Å². The first-order valence-electron chi connectivity index (χ1n) is 9.40. The van der Waals surface area contributed by atoms with Crippen LogP contribution in [0.2, 0.25) is 0 Å². The second kappa shape index (κ2) is 8.12. The molecule has 1 amide bonds. The van der Waals surface area contributed by atoms with E-state index in [1.54, 1.807) is 24.1 Å². The Balaban J connectivity index is 1.63. The van der Waals surface area contributed by atoms with Gasteiger partial charge in [-0.2, -0.15) is 0 Å². The SMILES string of the molecule is CN(C(=O)C1=Cc2cc(F)ccc2OC1)C(c1ccccc1)N1CCOCC1. The van der Waals surface area contributed by atoms with Crippen molar-refractivity contribution >= 4 is 12.0 Å². The number of carbonyl (C=O) groups is 1. The predicted octanol–water partition coefficient (Wildman–Crippen LogP) is 3.09. The molecule has 28 heavy (non-hydrogen) atoms. The minimum atomic E-state index is -0.351. The average Bonchev–Trinajstić information content (AvgIpc) is 2.74. The lowest BCUT2D eigenvalue weighted by Crippen LogP contribution is -2.48. The molecule has 2 aliphatic heterocycles. The third-order valence-corrected chi connectivity index (χ3v) is 5.14. The van der Waals surface area contributed by atoms with Crippen LogP contribution in [0, 0.1) is 5.82 Å². The largest absolute Gasteiger partial charge is 0.488 e. The van der Waals surface area contributed by atoms with Gasteiger partial charge in [0, 0.05) is 25.7 Å². The van der Waals surface area contributed by atoms with Crippen molar-refractivity contribution in [2.45, 2.75) is 6.17 Å². The molecular formula is C22H23FN2O3. The van der Waals surface area contributed by atoms with Crippen molar-refractivity contribution in [1.29, 1.82) is 0 Å². The van der Waals surface area contributed by atoms with Crippen LogP contribution in [-0.4, -0.2) is 55.7 Å². The number of hydrogen-bond donors (Lipinski definition) is 0. The van der Waals surface area contributed by atoms with Gasteiger partial charge in [-0.1, -0.05) is 30.3 Å². The second-order valence-corrected chi connectivity index (χ2v) is 6.99. The van der Waals surface area contributed by atoms with Gasteiger partial charge in [0.25, 0.3) is 5.91 Å². The number of ether oxygens (including phenoxy) is 2. The number of nitrogens with zero attached hydrogens (tertiary/aromatic N) is 2. The van der Waals surface area contributed by atoms with Gasteiger partial charge < -0.3 is 14.4 Å². The normalized spacial score (nSPS) is 17.9. The number of halogens is 1. The summed E-state index contributed by atoms with van der Waals surface area (Å²) in [5, 5.41) is 0. The summed E-state index contributed by atoms with van der Waals surface area (Å²) >= 11 is 0. The van der Waals surface area contributed by atoms with Crippen LogP contribution < -0.4 is 4.74 Å². The standard InChI is InChI=1S/C22H23FN2O3/c1-24(21(16-5-3-2-4-6-16)25-9-11-27-12-10-25)22(26)18-13-17-14-19(23)7-8-20(17)28-15-18/h2-8,13-14,21H,9-12,15H2,1H3. The molecule has 6 heteroatoms. The highest BCUT2D eigenvalue weighted by molar-refractivity contribution is 5.99. The van der Waals surface area contributed by atoms with Crippen LogP contribution in [0.4, 0.5) is 4.39 Å². The number of morpholine rings is 1. The molecule has 2 aliphatic rings. The minimum Gasteiger partial charge on any atom is -0.488 e. The molecule has 2 aromatic carbocycles. The third kappa shape index (κ3) is 3.79. The molecule has 2 aromatic rings. The molecule has 1 fully saturated rings. The smallest absolute Gasteiger partial charge is 0.254 e. The molecule has 1 saturated heterocycles. The van der Waals surface area contributed by atoms with Gasteiger partial charge in [0.05, 0.1) is 18.8 Å². The van der Waals surface area contributed by atoms with Crippen LogP contribution in [0.5, 0.6) is 5.75 Å². The molecule has 2 heterocycles. The van der Waals surface area contributed by atoms with Gasteiger partial charge in [-0.25, -0.2) is 4.39 Å². The number of benzene rings is 2. The van der Waals surface area contributed by atoms with Crippen LogP contribution in [0.25, 0.3) is 6.08 Å². The van der Waals surface area contributed by atoms with Crippen molar-refractivity contribution in [2.75, 3.05) is 40.0 Å². The van der Waals surface area contributed by atoms with Gasteiger partial charge >= 0.3 is 0 Å². The van der Waals surface area contributed by atoms with E-state index in [0.29, 0.717) is 30.1 Å². The topological polar surface area (TPSA) is 42.0 Å². The fourth-order valence-corrected chi connectivity index (χ4v) is 3.74. The van der Waals surface area contributed by atoms with Crippen molar-refractivity contribution in [3.63, 3.8) is 0 Å². The summed E-state index contributed by atoms with van der Waals surface area (Å²) in [6.45, 7) is 2.96. The first-order valence-corrected chi connectivity index (χ1v) is 9.40. The Morgan fingerprint density at radius 1 is 1.14 bits per heavy atom. The van der Waals surface area contributed by atoms with E-state index in [1.165, 1.54) is 12.1 Å². The second-order valence-electron chi connectivity index (χ2n) is 6.99. The molecule has 0 bridgehead atoms. The van der Waals surface area contributed by atoms with Gasteiger partial charge in [-0.3, -0.25) is 9.69 Å². The summed E-state index contributed by atoms with van der Waals surface area (Å²) < 4.78 is 24.7. The van der Waals surface area contributed by atoms with E-state index < -0.39 is 0 Å². The lowest BCUT2D eigenvalue weighted by Gasteiger charge is -2.40. The molecule has 0 spiro atoms. The molecule has 4 rings (SSSR count). The quantitative estimate of drug-likeness (QED) is 0.815. The summed E-state index contributed by atoms with van der Waals surface area (Å²) in [4.78, 5) is 17.3. The zero-order valence-corrected chi connectivity index (χ0v) is 15.8. The Hall–Kier alpha value is -2.70. The molecule has 5 nitrogen and oxygen atoms in total. The van der Waals surface area contributed by atoms with Gasteiger partial charge in [0.1, 0.15) is 24.3 Å². The van der Waals surface area contributed by atoms with Gasteiger partial charge in [-0.15, -0.1) is 0 Å². The highest BCUT2D eigenvalue weighted by Crippen LogP contribution is 2.30. The molecule has 0 saturated carbocycles. The number of fused-ring (bicyclic) bond motifs is 1. The minimum absolute atomic E-state index is 0.129. The maximum absolute atomic E-state index is 13.6. The molecule has 0 aromatic heterocycles. The summed E-state index contributed by atoms with van der Waals surface area (Å²) in [5.74, 6) is 0.111. The summed E-state index contributed by atoms with van der Waals surface area (Å²) in [6, 6.07) is 14.3. The van der Waals surface area contributed by atoms with Crippen molar-refractivity contribution in [1.82, 2.24) is 9.80 Å². The zero-order chi connectivity index (χ0) is 19.5. The number of carbonyl (C=O) groups excluding carboxylic acids is 1. The molecule has 0 radical (unpaired) electrons. The lowest BCUT2D eigenvalue weighted by atomic mass is 10.0. The highest BCUT2D eigenvalue weighted by Gasteiger charge is 2.31. The highest BCUT2D eigenvalue weighted by atomic mass is 19.1. The van der Waals surface area contributed by atoms with Gasteiger partial charge in [0.15, 0.2) is 0 Å². The third-order valence-electron chi connectivity index (χ3n) is 5.14. The molecule has 0 N–H and O–H groups in total. The summed E-state index contributed by atoms with van der Waals surface area (Å²) in [6.07, 6.45) is 1.52. The molecule has 146 valence electrons. The number of likely N-dealkylation sites (N-methyl/N-ethyl adjacent to an activating group) is 1. The molecule has 1 unspecified atom stereocenters. The van der Waals surface area contributed by atoms with Gasteiger partial charge in [0.2, 0.25) is 0 Å². The summed E-state index contributed by atoms with van der Waals surface area (Å²) in [7, 11) is 1.80.